The third kappa shape index (κ3) is 3.95. The van der Waals surface area contributed by atoms with E-state index in [2.05, 4.69) is 45.1 Å². The maximum Gasteiger partial charge on any atom is 0.128 e. The highest BCUT2D eigenvalue weighted by Crippen LogP contribution is 2.32. The topological polar surface area (TPSA) is 98.5 Å². The number of hydrogen-bond donors (Lipinski definition) is 1. The summed E-state index contributed by atoms with van der Waals surface area (Å²) in [5.41, 5.74) is 5.09. The number of pyridine rings is 2. The van der Waals surface area contributed by atoms with Crippen LogP contribution in [-0.2, 0) is 7.05 Å². The van der Waals surface area contributed by atoms with E-state index in [1.54, 1.807) is 15.4 Å². The fourth-order valence-electron chi connectivity index (χ4n) is 4.39. The Morgan fingerprint density at radius 2 is 1.85 bits per heavy atom. The number of aryl methyl sites for hydroxylation is 1. The number of anilines is 1. The molecule has 1 atom stereocenters. The molecule has 0 aliphatic carbocycles. The van der Waals surface area contributed by atoms with E-state index in [4.69, 9.17) is 4.98 Å². The Labute approximate surface area is 192 Å². The fraction of sp³-hybridized carbons (Fsp3) is 0.333. The third-order valence-corrected chi connectivity index (χ3v) is 6.36. The van der Waals surface area contributed by atoms with Gasteiger partial charge in [0.05, 0.1) is 30.1 Å². The van der Waals surface area contributed by atoms with Crippen LogP contribution in [0.25, 0.3) is 27.8 Å². The zero-order chi connectivity index (χ0) is 22.9. The van der Waals surface area contributed by atoms with E-state index in [1.807, 2.05) is 37.9 Å². The lowest BCUT2D eigenvalue weighted by Crippen LogP contribution is -2.50. The predicted octanol–water partition coefficient (Wildman–Crippen LogP) is 2.17. The number of aliphatic hydroxyl groups is 1. The van der Waals surface area contributed by atoms with Gasteiger partial charge in [-0.1, -0.05) is 0 Å². The molecule has 0 radical (unpaired) electrons. The molecule has 5 rings (SSSR count). The number of nitrogens with zero attached hydrogens (tertiary/aromatic N) is 8. The predicted molar refractivity (Wildman–Crippen MR) is 126 cm³/mol. The number of rotatable bonds is 5. The molecule has 9 nitrogen and oxygen atoms in total. The van der Waals surface area contributed by atoms with Crippen LogP contribution in [0, 0.1) is 11.3 Å². The molecule has 0 spiro atoms. The second-order valence-corrected chi connectivity index (χ2v) is 8.47. The number of fused-ring (bicyclic) bond motifs is 1. The Morgan fingerprint density at radius 3 is 2.48 bits per heavy atom. The molecular weight excluding hydrogens is 416 g/mol. The normalized spacial score (nSPS) is 15.6. The first-order valence-corrected chi connectivity index (χ1v) is 11.0. The zero-order valence-corrected chi connectivity index (χ0v) is 18.8. The lowest BCUT2D eigenvalue weighted by atomic mass is 10.0. The van der Waals surface area contributed by atoms with Crippen LogP contribution in [0.3, 0.4) is 0 Å². The average Bonchev–Trinajstić information content (AvgIpc) is 3.49. The number of nitriles is 1. The van der Waals surface area contributed by atoms with E-state index >= 15 is 0 Å². The first kappa shape index (κ1) is 21.1. The van der Waals surface area contributed by atoms with Crippen molar-refractivity contribution in [2.45, 2.75) is 13.0 Å². The van der Waals surface area contributed by atoms with Gasteiger partial charge in [-0.05, 0) is 25.1 Å². The first-order valence-electron chi connectivity index (χ1n) is 11.0. The summed E-state index contributed by atoms with van der Waals surface area (Å²) in [4.78, 5) is 9.32. The molecule has 4 aromatic rings. The molecule has 9 heteroatoms. The van der Waals surface area contributed by atoms with Gasteiger partial charge >= 0.3 is 0 Å². The molecule has 0 saturated carbocycles. The van der Waals surface area contributed by atoms with Gasteiger partial charge in [0.15, 0.2) is 0 Å². The van der Waals surface area contributed by atoms with Crippen molar-refractivity contribution < 1.29 is 5.11 Å². The van der Waals surface area contributed by atoms with Crippen LogP contribution < -0.4 is 4.90 Å². The van der Waals surface area contributed by atoms with E-state index < -0.39 is 0 Å². The van der Waals surface area contributed by atoms with E-state index in [-0.39, 0.29) is 12.6 Å². The third-order valence-electron chi connectivity index (χ3n) is 6.36. The summed E-state index contributed by atoms with van der Waals surface area (Å²) in [5.74, 6) is 0.934. The number of hydrogen-bond acceptors (Lipinski definition) is 7. The molecule has 4 aromatic heterocycles. The standard InChI is InChI=1S/C24H26N8O/c1-17(16-33)30-5-7-31(8-6-30)23-4-3-18(11-26-23)22-9-19(21-13-27-29(2)14-21)15-32-24(22)20(10-25)12-28-32/h3-4,9,11-15,17,33H,5-8,16H2,1-2H3/t17-/m1/s1. The van der Waals surface area contributed by atoms with Gasteiger partial charge in [-0.15, -0.1) is 0 Å². The van der Waals surface area contributed by atoms with Gasteiger partial charge in [0, 0.05) is 80.1 Å². The van der Waals surface area contributed by atoms with E-state index in [9.17, 15) is 10.4 Å². The molecule has 1 N–H and O–H groups in total. The molecule has 33 heavy (non-hydrogen) atoms. The average molecular weight is 443 g/mol. The molecule has 1 fully saturated rings. The minimum atomic E-state index is 0.179. The minimum absolute atomic E-state index is 0.179. The van der Waals surface area contributed by atoms with Gasteiger partial charge < -0.3 is 10.0 Å². The van der Waals surface area contributed by atoms with Crippen molar-refractivity contribution >= 4 is 11.3 Å². The Kier molecular flexibility index (Phi) is 5.54. The van der Waals surface area contributed by atoms with Gasteiger partial charge in [0.25, 0.3) is 0 Å². The van der Waals surface area contributed by atoms with Crippen molar-refractivity contribution in [2.75, 3.05) is 37.7 Å². The highest BCUT2D eigenvalue weighted by atomic mass is 16.3. The summed E-state index contributed by atoms with van der Waals surface area (Å²) in [6, 6.07) is 8.60. The smallest absolute Gasteiger partial charge is 0.128 e. The van der Waals surface area contributed by atoms with Crippen LogP contribution in [0.4, 0.5) is 5.82 Å². The van der Waals surface area contributed by atoms with E-state index in [0.717, 1.165) is 59.8 Å². The van der Waals surface area contributed by atoms with Crippen LogP contribution in [0.15, 0.2) is 49.2 Å². The van der Waals surface area contributed by atoms with E-state index in [1.165, 1.54) is 0 Å². The van der Waals surface area contributed by atoms with Crippen LogP contribution in [0.1, 0.15) is 12.5 Å². The SMILES string of the molecule is C[C@H](CO)N1CCN(c2ccc(-c3cc(-c4cnn(C)c4)cn4ncc(C#N)c34)cn2)CC1. The van der Waals surface area contributed by atoms with Gasteiger partial charge in [-0.25, -0.2) is 9.50 Å². The summed E-state index contributed by atoms with van der Waals surface area (Å²) in [6.07, 6.45) is 9.16. The highest BCUT2D eigenvalue weighted by molar-refractivity contribution is 5.87. The van der Waals surface area contributed by atoms with Crippen molar-refractivity contribution in [1.82, 2.24) is 29.3 Å². The van der Waals surface area contributed by atoms with Crippen LogP contribution in [0.2, 0.25) is 0 Å². The Balaban J connectivity index is 1.48. The lowest BCUT2D eigenvalue weighted by Gasteiger charge is -2.38. The summed E-state index contributed by atoms with van der Waals surface area (Å²) in [6.45, 7) is 5.78. The van der Waals surface area contributed by atoms with Crippen molar-refractivity contribution in [3.63, 3.8) is 0 Å². The molecule has 1 saturated heterocycles. The molecule has 0 amide bonds. The molecule has 0 bridgehead atoms. The van der Waals surface area contributed by atoms with E-state index in [0.29, 0.717) is 5.56 Å². The summed E-state index contributed by atoms with van der Waals surface area (Å²) in [5, 5.41) is 27.7. The number of piperazine rings is 1. The number of aromatic nitrogens is 5. The van der Waals surface area contributed by atoms with Crippen molar-refractivity contribution in [2.24, 2.45) is 7.05 Å². The Bertz CT molecular complexity index is 1310. The van der Waals surface area contributed by atoms with Gasteiger partial charge in [-0.2, -0.15) is 15.5 Å². The van der Waals surface area contributed by atoms with Crippen molar-refractivity contribution in [3.05, 3.63) is 54.7 Å². The Morgan fingerprint density at radius 1 is 1.03 bits per heavy atom. The fourth-order valence-corrected chi connectivity index (χ4v) is 4.39. The molecule has 0 unspecified atom stereocenters. The zero-order valence-electron chi connectivity index (χ0n) is 18.8. The molecule has 168 valence electrons. The summed E-state index contributed by atoms with van der Waals surface area (Å²) in [7, 11) is 1.89. The quantitative estimate of drug-likeness (QED) is 0.506. The number of aliphatic hydroxyl groups excluding tert-OH is 1. The molecule has 1 aliphatic heterocycles. The van der Waals surface area contributed by atoms with Crippen LogP contribution in [-0.4, -0.2) is 73.2 Å². The van der Waals surface area contributed by atoms with Crippen molar-refractivity contribution in [1.29, 1.82) is 5.26 Å². The molecule has 5 heterocycles. The second-order valence-electron chi connectivity index (χ2n) is 8.47. The second kappa shape index (κ2) is 8.65. The van der Waals surface area contributed by atoms with Gasteiger partial charge in [-0.3, -0.25) is 9.58 Å². The van der Waals surface area contributed by atoms with Crippen LogP contribution in [0.5, 0.6) is 0 Å². The van der Waals surface area contributed by atoms with Crippen molar-refractivity contribution in [3.8, 4) is 28.3 Å². The maximum absolute atomic E-state index is 9.62. The monoisotopic (exact) mass is 442 g/mol. The lowest BCUT2D eigenvalue weighted by molar-refractivity contribution is 0.128. The molecule has 0 aromatic carbocycles. The molecular formula is C24H26N8O. The Hall–Kier alpha value is -3.74. The van der Waals surface area contributed by atoms with Gasteiger partial charge in [0.1, 0.15) is 11.9 Å². The summed E-state index contributed by atoms with van der Waals surface area (Å²) < 4.78 is 3.52. The van der Waals surface area contributed by atoms with Crippen LogP contribution >= 0.6 is 0 Å². The largest absolute Gasteiger partial charge is 0.395 e. The maximum atomic E-state index is 9.62. The minimum Gasteiger partial charge on any atom is -0.395 e. The van der Waals surface area contributed by atoms with Gasteiger partial charge in [0.2, 0.25) is 0 Å². The highest BCUT2D eigenvalue weighted by Gasteiger charge is 2.22. The first-order chi connectivity index (χ1) is 16.1. The summed E-state index contributed by atoms with van der Waals surface area (Å²) >= 11 is 0. The molecule has 1 aliphatic rings.